The first kappa shape index (κ1) is 23.3. The number of ether oxygens (including phenoxy) is 1. The van der Waals surface area contributed by atoms with Crippen molar-refractivity contribution in [2.45, 2.75) is 58.5 Å². The van der Waals surface area contributed by atoms with Crippen LogP contribution in [0.1, 0.15) is 66.7 Å². The number of benzene rings is 2. The van der Waals surface area contributed by atoms with Crippen molar-refractivity contribution in [2.75, 3.05) is 11.9 Å². The molecule has 0 aliphatic heterocycles. The smallest absolute Gasteiger partial charge is 0.340 e. The highest BCUT2D eigenvalue weighted by Gasteiger charge is 2.18. The molecule has 0 fully saturated rings. The molecule has 3 amide bonds. The molecular weight excluding hydrogens is 406 g/mol. The molecule has 1 aliphatic carbocycles. The first-order valence-electron chi connectivity index (χ1n) is 11.1. The van der Waals surface area contributed by atoms with Gasteiger partial charge in [0.1, 0.15) is 0 Å². The van der Waals surface area contributed by atoms with Gasteiger partial charge in [-0.05, 0) is 75.3 Å². The lowest BCUT2D eigenvalue weighted by atomic mass is 9.89. The van der Waals surface area contributed by atoms with Crippen LogP contribution in [-0.2, 0) is 22.4 Å². The summed E-state index contributed by atoms with van der Waals surface area (Å²) < 4.78 is 5.20. The molecule has 170 valence electrons. The Morgan fingerprint density at radius 3 is 2.41 bits per heavy atom. The highest BCUT2D eigenvalue weighted by atomic mass is 16.5. The number of rotatable bonds is 7. The van der Waals surface area contributed by atoms with Gasteiger partial charge in [-0.3, -0.25) is 4.79 Å². The third-order valence-corrected chi connectivity index (χ3v) is 5.40. The number of anilines is 1. The van der Waals surface area contributed by atoms with Gasteiger partial charge in [0.2, 0.25) is 0 Å². The van der Waals surface area contributed by atoms with Crippen LogP contribution in [0.15, 0.2) is 42.5 Å². The molecule has 0 spiro atoms. The number of hydrogen-bond acceptors (Lipinski definition) is 4. The first-order chi connectivity index (χ1) is 15.3. The van der Waals surface area contributed by atoms with Crippen LogP contribution in [0.2, 0.25) is 0 Å². The number of aryl methyl sites for hydroxylation is 2. The van der Waals surface area contributed by atoms with E-state index in [0.29, 0.717) is 5.69 Å². The van der Waals surface area contributed by atoms with Crippen molar-refractivity contribution in [3.8, 4) is 0 Å². The van der Waals surface area contributed by atoms with Crippen molar-refractivity contribution >= 4 is 23.6 Å². The summed E-state index contributed by atoms with van der Waals surface area (Å²) in [6, 6.07) is 12.2. The lowest BCUT2D eigenvalue weighted by Crippen LogP contribution is -2.34. The second-order valence-corrected chi connectivity index (χ2v) is 8.40. The summed E-state index contributed by atoms with van der Waals surface area (Å²) >= 11 is 0. The fourth-order valence-corrected chi connectivity index (χ4v) is 3.79. The van der Waals surface area contributed by atoms with Crippen LogP contribution in [-0.4, -0.2) is 30.6 Å². The Labute approximate surface area is 188 Å². The summed E-state index contributed by atoms with van der Waals surface area (Å²) in [7, 11) is 0. The van der Waals surface area contributed by atoms with E-state index in [2.05, 4.69) is 28.1 Å². The average Bonchev–Trinajstić information content (AvgIpc) is 2.77. The van der Waals surface area contributed by atoms with Gasteiger partial charge >= 0.3 is 12.0 Å². The maximum absolute atomic E-state index is 12.5. The van der Waals surface area contributed by atoms with E-state index in [1.165, 1.54) is 24.0 Å². The Hall–Kier alpha value is -3.35. The zero-order valence-corrected chi connectivity index (χ0v) is 18.9. The summed E-state index contributed by atoms with van der Waals surface area (Å²) in [6.07, 6.45) is 4.61. The highest BCUT2D eigenvalue weighted by molar-refractivity contribution is 6.01. The van der Waals surface area contributed by atoms with Crippen molar-refractivity contribution < 1.29 is 19.1 Å². The Bertz CT molecular complexity index is 987. The zero-order valence-electron chi connectivity index (χ0n) is 18.9. The average molecular weight is 438 g/mol. The van der Waals surface area contributed by atoms with E-state index < -0.39 is 18.6 Å². The standard InChI is InChI=1S/C25H31N3O4/c1-16(2)26-25(31)28-22-11-7-6-10-21(22)24(30)32-15-23(29)27-17(3)19-13-12-18-8-4-5-9-20(18)14-19/h6-7,10-14,16-17H,4-5,8-9,15H2,1-3H3,(H,27,29)(H2,26,28,31). The minimum Gasteiger partial charge on any atom is -0.452 e. The second kappa shape index (κ2) is 10.8. The van der Waals surface area contributed by atoms with E-state index in [-0.39, 0.29) is 23.6 Å². The van der Waals surface area contributed by atoms with Crippen molar-refractivity contribution in [1.82, 2.24) is 10.6 Å². The van der Waals surface area contributed by atoms with E-state index in [1.54, 1.807) is 24.3 Å². The number of para-hydroxylation sites is 1. The van der Waals surface area contributed by atoms with E-state index in [0.717, 1.165) is 18.4 Å². The largest absolute Gasteiger partial charge is 0.452 e. The number of amides is 3. The third-order valence-electron chi connectivity index (χ3n) is 5.40. The van der Waals surface area contributed by atoms with Crippen molar-refractivity contribution in [3.05, 3.63) is 64.7 Å². The highest BCUT2D eigenvalue weighted by Crippen LogP contribution is 2.24. The van der Waals surface area contributed by atoms with E-state index in [1.807, 2.05) is 26.8 Å². The summed E-state index contributed by atoms with van der Waals surface area (Å²) in [5, 5.41) is 8.22. The van der Waals surface area contributed by atoms with Gasteiger partial charge in [-0.15, -0.1) is 0 Å². The Balaban J connectivity index is 1.55. The Kier molecular flexibility index (Phi) is 7.87. The molecule has 0 heterocycles. The molecule has 7 nitrogen and oxygen atoms in total. The van der Waals surface area contributed by atoms with Gasteiger partial charge in [-0.1, -0.05) is 30.3 Å². The molecule has 0 bridgehead atoms. The van der Waals surface area contributed by atoms with Crippen LogP contribution >= 0.6 is 0 Å². The van der Waals surface area contributed by atoms with Gasteiger partial charge in [-0.25, -0.2) is 9.59 Å². The van der Waals surface area contributed by atoms with Crippen LogP contribution in [0.3, 0.4) is 0 Å². The van der Waals surface area contributed by atoms with Gasteiger partial charge in [0.25, 0.3) is 5.91 Å². The molecule has 0 saturated carbocycles. The summed E-state index contributed by atoms with van der Waals surface area (Å²) in [5.41, 5.74) is 4.28. The van der Waals surface area contributed by atoms with Crippen molar-refractivity contribution in [1.29, 1.82) is 0 Å². The number of esters is 1. The molecule has 3 rings (SSSR count). The van der Waals surface area contributed by atoms with E-state index in [4.69, 9.17) is 4.74 Å². The summed E-state index contributed by atoms with van der Waals surface area (Å²) in [4.78, 5) is 36.9. The number of hydrogen-bond donors (Lipinski definition) is 3. The van der Waals surface area contributed by atoms with Crippen LogP contribution in [0.5, 0.6) is 0 Å². The van der Waals surface area contributed by atoms with Crippen molar-refractivity contribution in [2.24, 2.45) is 0 Å². The molecule has 2 aromatic rings. The minimum absolute atomic E-state index is 0.0464. The fourth-order valence-electron chi connectivity index (χ4n) is 3.79. The number of nitrogens with one attached hydrogen (secondary N) is 3. The Morgan fingerprint density at radius 1 is 0.938 bits per heavy atom. The molecule has 0 aromatic heterocycles. The van der Waals surface area contributed by atoms with E-state index in [9.17, 15) is 14.4 Å². The molecule has 1 atom stereocenters. The van der Waals surface area contributed by atoms with Gasteiger partial charge in [0.15, 0.2) is 6.61 Å². The monoisotopic (exact) mass is 437 g/mol. The van der Waals surface area contributed by atoms with Gasteiger partial charge in [0, 0.05) is 6.04 Å². The molecule has 32 heavy (non-hydrogen) atoms. The molecule has 2 aromatic carbocycles. The van der Waals surface area contributed by atoms with Gasteiger partial charge in [-0.2, -0.15) is 0 Å². The maximum atomic E-state index is 12.5. The molecule has 7 heteroatoms. The summed E-state index contributed by atoms with van der Waals surface area (Å²) in [5.74, 6) is -1.06. The van der Waals surface area contributed by atoms with Gasteiger partial charge in [0.05, 0.1) is 17.3 Å². The molecule has 1 aliphatic rings. The lowest BCUT2D eigenvalue weighted by molar-refractivity contribution is -0.124. The molecular formula is C25H31N3O4. The normalized spacial score (nSPS) is 13.6. The summed E-state index contributed by atoms with van der Waals surface area (Å²) in [6.45, 7) is 5.19. The van der Waals surface area contributed by atoms with Crippen molar-refractivity contribution in [3.63, 3.8) is 0 Å². The SMILES string of the molecule is CC(C)NC(=O)Nc1ccccc1C(=O)OCC(=O)NC(C)c1ccc2c(c1)CCCC2. The maximum Gasteiger partial charge on any atom is 0.340 e. The number of urea groups is 1. The second-order valence-electron chi connectivity index (χ2n) is 8.40. The zero-order chi connectivity index (χ0) is 23.1. The molecule has 0 radical (unpaired) electrons. The number of carbonyl (C=O) groups excluding carboxylic acids is 3. The van der Waals surface area contributed by atoms with Gasteiger partial charge < -0.3 is 20.7 Å². The van der Waals surface area contributed by atoms with Crippen LogP contribution in [0.25, 0.3) is 0 Å². The molecule has 3 N–H and O–H groups in total. The first-order valence-corrected chi connectivity index (χ1v) is 11.1. The van der Waals surface area contributed by atoms with Crippen LogP contribution < -0.4 is 16.0 Å². The minimum atomic E-state index is -0.679. The number of fused-ring (bicyclic) bond motifs is 1. The lowest BCUT2D eigenvalue weighted by Gasteiger charge is -2.20. The molecule has 0 saturated heterocycles. The third kappa shape index (κ3) is 6.33. The Morgan fingerprint density at radius 2 is 1.66 bits per heavy atom. The van der Waals surface area contributed by atoms with Crippen LogP contribution in [0, 0.1) is 0 Å². The van der Waals surface area contributed by atoms with E-state index >= 15 is 0 Å². The number of carbonyl (C=O) groups is 3. The molecule has 1 unspecified atom stereocenters. The fraction of sp³-hybridized carbons (Fsp3) is 0.400. The predicted molar refractivity (Wildman–Crippen MR) is 124 cm³/mol. The quantitative estimate of drug-likeness (QED) is 0.568. The van der Waals surface area contributed by atoms with Crippen LogP contribution in [0.4, 0.5) is 10.5 Å². The predicted octanol–water partition coefficient (Wildman–Crippen LogP) is 4.13. The topological polar surface area (TPSA) is 96.5 Å².